The second-order valence-corrected chi connectivity index (χ2v) is 12.0. The lowest BCUT2D eigenvalue weighted by Gasteiger charge is -2.26. The molecule has 0 bridgehead atoms. The second kappa shape index (κ2) is 12.3. The normalized spacial score (nSPS) is 14.4. The highest BCUT2D eigenvalue weighted by Gasteiger charge is 2.26. The van der Waals surface area contributed by atoms with Crippen molar-refractivity contribution in [3.8, 4) is 5.69 Å². The number of halogens is 1. The molecular formula is C24H26BrN5O5S2. The van der Waals surface area contributed by atoms with Gasteiger partial charge >= 0.3 is 0 Å². The lowest BCUT2D eigenvalue weighted by atomic mass is 10.1. The van der Waals surface area contributed by atoms with Gasteiger partial charge in [0.25, 0.3) is 0 Å². The molecule has 0 spiro atoms. The number of hydrogen-bond acceptors (Lipinski definition) is 8. The van der Waals surface area contributed by atoms with Crippen LogP contribution in [0.1, 0.15) is 23.1 Å². The SMILES string of the molecule is CC(=O)NCCc1nnc(SCC(=O)c2ccc(S(=O)(=O)N3CCOCC3)cc2)n1-c1ccc(Br)cc1. The molecule has 2 aromatic carbocycles. The molecule has 1 aliphatic heterocycles. The van der Waals surface area contributed by atoms with Crippen LogP contribution in [-0.4, -0.2) is 77.8 Å². The number of aromatic nitrogens is 3. The van der Waals surface area contributed by atoms with E-state index in [4.69, 9.17) is 4.74 Å². The van der Waals surface area contributed by atoms with Crippen LogP contribution < -0.4 is 5.32 Å². The first-order chi connectivity index (χ1) is 17.8. The van der Waals surface area contributed by atoms with Crippen molar-refractivity contribution in [3.05, 3.63) is 64.4 Å². The fraction of sp³-hybridized carbons (Fsp3) is 0.333. The molecule has 0 saturated carbocycles. The van der Waals surface area contributed by atoms with Crippen LogP contribution in [0.2, 0.25) is 0 Å². The summed E-state index contributed by atoms with van der Waals surface area (Å²) >= 11 is 4.68. The van der Waals surface area contributed by atoms with E-state index in [0.29, 0.717) is 55.8 Å². The number of Topliss-reactive ketones (excluding diaryl/α,β-unsaturated/α-hetero) is 1. The number of thioether (sulfide) groups is 1. The number of nitrogens with zero attached hydrogens (tertiary/aromatic N) is 4. The van der Waals surface area contributed by atoms with Gasteiger partial charge in [0, 0.05) is 48.7 Å². The van der Waals surface area contributed by atoms with Crippen molar-refractivity contribution >= 4 is 49.4 Å². The van der Waals surface area contributed by atoms with E-state index in [2.05, 4.69) is 31.4 Å². The Morgan fingerprint density at radius 3 is 2.38 bits per heavy atom. The third kappa shape index (κ3) is 6.85. The van der Waals surface area contributed by atoms with Crippen LogP contribution in [-0.2, 0) is 26.0 Å². The highest BCUT2D eigenvalue weighted by atomic mass is 79.9. The van der Waals surface area contributed by atoms with Crippen molar-refractivity contribution in [2.75, 3.05) is 38.6 Å². The third-order valence-corrected chi connectivity index (χ3v) is 8.99. The molecule has 2 heterocycles. The number of ketones is 1. The topological polar surface area (TPSA) is 123 Å². The van der Waals surface area contributed by atoms with Crippen molar-refractivity contribution in [3.63, 3.8) is 0 Å². The number of amides is 1. The minimum atomic E-state index is -3.62. The molecule has 0 unspecified atom stereocenters. The van der Waals surface area contributed by atoms with Crippen molar-refractivity contribution in [2.24, 2.45) is 0 Å². The zero-order valence-corrected chi connectivity index (χ0v) is 23.3. The van der Waals surface area contributed by atoms with E-state index in [0.717, 1.165) is 10.2 Å². The Kier molecular flexibility index (Phi) is 9.13. The van der Waals surface area contributed by atoms with E-state index < -0.39 is 10.0 Å². The number of carbonyl (C=O) groups excluding carboxylic acids is 2. The van der Waals surface area contributed by atoms with Gasteiger partial charge < -0.3 is 10.1 Å². The molecule has 0 radical (unpaired) electrons. The third-order valence-electron chi connectivity index (χ3n) is 5.62. The Labute approximate surface area is 228 Å². The maximum atomic E-state index is 12.9. The molecular weight excluding hydrogens is 582 g/mol. The fourth-order valence-electron chi connectivity index (χ4n) is 3.72. The molecule has 4 rings (SSSR count). The maximum absolute atomic E-state index is 12.9. The predicted molar refractivity (Wildman–Crippen MR) is 143 cm³/mol. The lowest BCUT2D eigenvalue weighted by Crippen LogP contribution is -2.40. The smallest absolute Gasteiger partial charge is 0.243 e. The Morgan fingerprint density at radius 1 is 1.05 bits per heavy atom. The van der Waals surface area contributed by atoms with E-state index in [1.165, 1.54) is 47.3 Å². The number of hydrogen-bond donors (Lipinski definition) is 1. The highest BCUT2D eigenvalue weighted by Crippen LogP contribution is 2.25. The summed E-state index contributed by atoms with van der Waals surface area (Å²) in [5.74, 6) is 0.462. The molecule has 1 aliphatic rings. The number of morpholine rings is 1. The largest absolute Gasteiger partial charge is 0.379 e. The predicted octanol–water partition coefficient (Wildman–Crippen LogP) is 2.70. The molecule has 0 aliphatic carbocycles. The van der Waals surface area contributed by atoms with Gasteiger partial charge in [0.05, 0.1) is 23.9 Å². The van der Waals surface area contributed by atoms with E-state index in [1.54, 1.807) is 0 Å². The van der Waals surface area contributed by atoms with E-state index in [9.17, 15) is 18.0 Å². The van der Waals surface area contributed by atoms with Crippen LogP contribution in [0.4, 0.5) is 0 Å². The standard InChI is InChI=1S/C24H26BrN5O5S2/c1-17(31)26-11-10-23-27-28-24(30(23)20-6-4-19(25)5-7-20)36-16-22(32)18-2-8-21(9-3-18)37(33,34)29-12-14-35-15-13-29/h2-9H,10-16H2,1H3,(H,26,31). The van der Waals surface area contributed by atoms with Gasteiger partial charge in [-0.1, -0.05) is 39.8 Å². The van der Waals surface area contributed by atoms with Crippen molar-refractivity contribution in [1.29, 1.82) is 0 Å². The quantitative estimate of drug-likeness (QED) is 0.276. The van der Waals surface area contributed by atoms with Gasteiger partial charge in [0.1, 0.15) is 5.82 Å². The summed E-state index contributed by atoms with van der Waals surface area (Å²) in [6.45, 7) is 3.22. The molecule has 1 saturated heterocycles. The Hall–Kier alpha value is -2.58. The van der Waals surface area contributed by atoms with E-state index >= 15 is 0 Å². The second-order valence-electron chi connectivity index (χ2n) is 8.20. The first-order valence-electron chi connectivity index (χ1n) is 11.5. The van der Waals surface area contributed by atoms with Gasteiger partial charge in [-0.05, 0) is 36.4 Å². The Morgan fingerprint density at radius 2 is 1.73 bits per heavy atom. The van der Waals surface area contributed by atoms with Crippen molar-refractivity contribution < 1.29 is 22.7 Å². The van der Waals surface area contributed by atoms with Crippen LogP contribution >= 0.6 is 27.7 Å². The van der Waals surface area contributed by atoms with Crippen molar-refractivity contribution in [1.82, 2.24) is 24.4 Å². The summed E-state index contributed by atoms with van der Waals surface area (Å²) in [4.78, 5) is 24.3. The van der Waals surface area contributed by atoms with E-state index in [1.807, 2.05) is 28.8 Å². The number of nitrogens with one attached hydrogen (secondary N) is 1. The Bertz CT molecular complexity index is 1360. The summed E-state index contributed by atoms with van der Waals surface area (Å²) in [5, 5.41) is 11.9. The van der Waals surface area contributed by atoms with Crippen LogP contribution in [0.25, 0.3) is 5.69 Å². The number of carbonyl (C=O) groups is 2. The molecule has 10 nitrogen and oxygen atoms in total. The first-order valence-corrected chi connectivity index (χ1v) is 14.8. The summed E-state index contributed by atoms with van der Waals surface area (Å²) in [5.41, 5.74) is 1.24. The van der Waals surface area contributed by atoms with Gasteiger partial charge in [0.2, 0.25) is 15.9 Å². The summed E-state index contributed by atoms with van der Waals surface area (Å²) in [7, 11) is -3.62. The summed E-state index contributed by atoms with van der Waals surface area (Å²) in [6.07, 6.45) is 0.468. The van der Waals surface area contributed by atoms with Gasteiger partial charge in [-0.25, -0.2) is 8.42 Å². The summed E-state index contributed by atoms with van der Waals surface area (Å²) < 4.78 is 35.1. The molecule has 1 aromatic heterocycles. The zero-order valence-electron chi connectivity index (χ0n) is 20.1. The molecule has 196 valence electrons. The molecule has 0 atom stereocenters. The van der Waals surface area contributed by atoms with Crippen LogP contribution in [0.3, 0.4) is 0 Å². The zero-order chi connectivity index (χ0) is 26.4. The van der Waals surface area contributed by atoms with Gasteiger partial charge in [0.15, 0.2) is 10.9 Å². The molecule has 13 heteroatoms. The first kappa shape index (κ1) is 27.5. The van der Waals surface area contributed by atoms with Crippen LogP contribution in [0.5, 0.6) is 0 Å². The lowest BCUT2D eigenvalue weighted by molar-refractivity contribution is -0.118. The maximum Gasteiger partial charge on any atom is 0.243 e. The molecule has 37 heavy (non-hydrogen) atoms. The average Bonchev–Trinajstić information content (AvgIpc) is 3.30. The monoisotopic (exact) mass is 607 g/mol. The summed E-state index contributed by atoms with van der Waals surface area (Å²) in [6, 6.07) is 13.6. The minimum absolute atomic E-state index is 0.0932. The molecule has 1 fully saturated rings. The number of ether oxygens (including phenoxy) is 1. The molecule has 1 amide bonds. The van der Waals surface area contributed by atoms with E-state index in [-0.39, 0.29) is 22.3 Å². The van der Waals surface area contributed by atoms with Gasteiger partial charge in [-0.15, -0.1) is 10.2 Å². The number of sulfonamides is 1. The average molecular weight is 609 g/mol. The van der Waals surface area contributed by atoms with Gasteiger partial charge in [-0.2, -0.15) is 4.31 Å². The number of benzene rings is 2. The molecule has 1 N–H and O–H groups in total. The van der Waals surface area contributed by atoms with Gasteiger partial charge in [-0.3, -0.25) is 14.2 Å². The van der Waals surface area contributed by atoms with Crippen molar-refractivity contribution in [2.45, 2.75) is 23.4 Å². The highest BCUT2D eigenvalue weighted by molar-refractivity contribution is 9.10. The minimum Gasteiger partial charge on any atom is -0.379 e. The molecule has 3 aromatic rings. The fourth-order valence-corrected chi connectivity index (χ4v) is 6.26. The number of rotatable bonds is 10. The van der Waals surface area contributed by atoms with Crippen LogP contribution in [0, 0.1) is 0 Å². The van der Waals surface area contributed by atoms with Crippen LogP contribution in [0.15, 0.2) is 63.1 Å². The Balaban J connectivity index is 1.47.